The Labute approximate surface area is 161 Å². The molecule has 3 rings (SSSR count). The summed E-state index contributed by atoms with van der Waals surface area (Å²) in [5, 5.41) is 0. The van der Waals surface area contributed by atoms with E-state index < -0.39 is 0 Å². The summed E-state index contributed by atoms with van der Waals surface area (Å²) in [4.78, 5) is 12.7. The number of allylic oxidation sites excluding steroid dienone is 1. The van der Waals surface area contributed by atoms with Crippen molar-refractivity contribution in [3.8, 4) is 23.0 Å². The Morgan fingerprint density at radius 2 is 1.80 bits per heavy atom. The van der Waals surface area contributed by atoms with Gasteiger partial charge in [-0.25, -0.2) is 0 Å². The highest BCUT2D eigenvalue weighted by Gasteiger charge is 2.32. The molecule has 0 spiro atoms. The maximum absolute atomic E-state index is 12.7. The third-order valence-corrected chi connectivity index (χ3v) is 5.05. The maximum Gasteiger partial charge on any atom is 0.232 e. The molecule has 130 valence electrons. The van der Waals surface area contributed by atoms with Crippen molar-refractivity contribution >= 4 is 43.7 Å². The van der Waals surface area contributed by atoms with E-state index in [0.717, 1.165) is 0 Å². The van der Waals surface area contributed by atoms with Crippen molar-refractivity contribution in [3.05, 3.63) is 50.1 Å². The lowest BCUT2D eigenvalue weighted by Crippen LogP contribution is -1.99. The molecule has 1 aliphatic rings. The number of benzene rings is 2. The fourth-order valence-electron chi connectivity index (χ4n) is 2.50. The van der Waals surface area contributed by atoms with E-state index >= 15 is 0 Å². The molecule has 0 bridgehead atoms. The first-order valence-corrected chi connectivity index (χ1v) is 8.81. The van der Waals surface area contributed by atoms with Gasteiger partial charge in [-0.3, -0.25) is 4.79 Å². The lowest BCUT2D eigenvalue weighted by atomic mass is 10.1. The quantitative estimate of drug-likeness (QED) is 0.599. The molecule has 0 aliphatic carbocycles. The van der Waals surface area contributed by atoms with E-state index in [-0.39, 0.29) is 11.5 Å². The predicted octanol–water partition coefficient (Wildman–Crippen LogP) is 4.85. The van der Waals surface area contributed by atoms with Crippen LogP contribution in [0.1, 0.15) is 15.9 Å². The van der Waals surface area contributed by atoms with Gasteiger partial charge >= 0.3 is 0 Å². The molecule has 0 fully saturated rings. The van der Waals surface area contributed by atoms with Crippen LogP contribution in [-0.4, -0.2) is 27.1 Å². The highest BCUT2D eigenvalue weighted by atomic mass is 79.9. The first-order chi connectivity index (χ1) is 12.0. The number of ketones is 1. The van der Waals surface area contributed by atoms with Crippen LogP contribution in [0, 0.1) is 0 Å². The van der Waals surface area contributed by atoms with Gasteiger partial charge in [-0.2, -0.15) is 0 Å². The van der Waals surface area contributed by atoms with Gasteiger partial charge in [-0.05, 0) is 56.1 Å². The smallest absolute Gasteiger partial charge is 0.232 e. The molecule has 25 heavy (non-hydrogen) atoms. The van der Waals surface area contributed by atoms with Gasteiger partial charge in [0.15, 0.2) is 17.3 Å². The standard InChI is InChI=1S/C18H14Br2O5/c1-22-10-5-4-9(13(7-10)23-2)6-14-16(21)11-8-12(19)18(24-3)15(20)17(11)25-14/h4-8H,1-3H3/b14-6-. The molecule has 7 heteroatoms. The average molecular weight is 470 g/mol. The number of Topliss-reactive ketones (excluding diaryl/α,β-unsaturated/α-hetero) is 1. The number of ether oxygens (including phenoxy) is 4. The molecular weight excluding hydrogens is 456 g/mol. The molecule has 0 saturated carbocycles. The summed E-state index contributed by atoms with van der Waals surface area (Å²) in [5.74, 6) is 2.24. The van der Waals surface area contributed by atoms with Crippen molar-refractivity contribution in [3.63, 3.8) is 0 Å². The molecule has 2 aromatic rings. The Balaban J connectivity index is 2.05. The van der Waals surface area contributed by atoms with Crippen molar-refractivity contribution in [1.82, 2.24) is 0 Å². The van der Waals surface area contributed by atoms with Gasteiger partial charge in [0.05, 0.1) is 31.4 Å². The lowest BCUT2D eigenvalue weighted by Gasteiger charge is -2.09. The number of carbonyl (C=O) groups is 1. The monoisotopic (exact) mass is 468 g/mol. The number of hydrogen-bond donors (Lipinski definition) is 0. The van der Waals surface area contributed by atoms with E-state index in [1.807, 2.05) is 0 Å². The first-order valence-electron chi connectivity index (χ1n) is 7.22. The third-order valence-electron chi connectivity index (χ3n) is 3.74. The van der Waals surface area contributed by atoms with Crippen LogP contribution in [0.15, 0.2) is 39.0 Å². The molecule has 0 aromatic heterocycles. The Bertz CT molecular complexity index is 890. The van der Waals surface area contributed by atoms with E-state index in [4.69, 9.17) is 18.9 Å². The van der Waals surface area contributed by atoms with Crippen molar-refractivity contribution in [2.45, 2.75) is 0 Å². The summed E-state index contributed by atoms with van der Waals surface area (Å²) in [7, 11) is 4.68. The molecular formula is C18H14Br2O5. The molecule has 0 atom stereocenters. The summed E-state index contributed by atoms with van der Waals surface area (Å²) < 4.78 is 22.9. The molecule has 0 amide bonds. The van der Waals surface area contributed by atoms with Crippen LogP contribution in [-0.2, 0) is 0 Å². The van der Waals surface area contributed by atoms with E-state index in [1.165, 1.54) is 0 Å². The van der Waals surface area contributed by atoms with Gasteiger partial charge in [0.2, 0.25) is 5.78 Å². The number of carbonyl (C=O) groups excluding carboxylic acids is 1. The van der Waals surface area contributed by atoms with E-state index in [2.05, 4.69) is 31.9 Å². The lowest BCUT2D eigenvalue weighted by molar-refractivity contribution is 0.101. The normalized spacial score (nSPS) is 14.3. The second-order valence-corrected chi connectivity index (χ2v) is 6.78. The minimum Gasteiger partial charge on any atom is -0.497 e. The zero-order valence-electron chi connectivity index (χ0n) is 13.7. The Morgan fingerprint density at radius 3 is 2.44 bits per heavy atom. The van der Waals surface area contributed by atoms with E-state index in [0.29, 0.717) is 43.1 Å². The number of hydrogen-bond acceptors (Lipinski definition) is 5. The molecule has 0 radical (unpaired) electrons. The topological polar surface area (TPSA) is 54.0 Å². The SMILES string of the molecule is COc1ccc(/C=C2\Oc3c(cc(Br)c(OC)c3Br)C2=O)c(OC)c1. The molecule has 5 nitrogen and oxygen atoms in total. The predicted molar refractivity (Wildman–Crippen MR) is 101 cm³/mol. The van der Waals surface area contributed by atoms with Gasteiger partial charge in [0, 0.05) is 11.6 Å². The summed E-state index contributed by atoms with van der Waals surface area (Å²) in [6, 6.07) is 7.02. The molecule has 2 aromatic carbocycles. The zero-order chi connectivity index (χ0) is 18.1. The molecule has 1 heterocycles. The van der Waals surface area contributed by atoms with Crippen molar-refractivity contribution in [2.75, 3.05) is 21.3 Å². The first kappa shape index (κ1) is 17.8. The van der Waals surface area contributed by atoms with Crippen LogP contribution in [0.2, 0.25) is 0 Å². The second kappa shape index (κ2) is 7.09. The van der Waals surface area contributed by atoms with E-state index in [9.17, 15) is 4.79 Å². The van der Waals surface area contributed by atoms with E-state index in [1.54, 1.807) is 51.7 Å². The number of fused-ring (bicyclic) bond motifs is 1. The fourth-order valence-corrected chi connectivity index (χ4v) is 4.03. The largest absolute Gasteiger partial charge is 0.497 e. The minimum absolute atomic E-state index is 0.208. The Kier molecular flexibility index (Phi) is 5.06. The van der Waals surface area contributed by atoms with Crippen LogP contribution < -0.4 is 18.9 Å². The maximum atomic E-state index is 12.7. The van der Waals surface area contributed by atoms with Crippen molar-refractivity contribution < 1.29 is 23.7 Å². The summed E-state index contributed by atoms with van der Waals surface area (Å²) >= 11 is 6.83. The van der Waals surface area contributed by atoms with Gasteiger partial charge in [0.25, 0.3) is 0 Å². The van der Waals surface area contributed by atoms with Crippen molar-refractivity contribution in [2.24, 2.45) is 0 Å². The van der Waals surface area contributed by atoms with Crippen LogP contribution in [0.25, 0.3) is 6.08 Å². The summed E-state index contributed by atoms with van der Waals surface area (Å²) in [6.07, 6.45) is 1.65. The molecule has 0 N–H and O–H groups in total. The zero-order valence-corrected chi connectivity index (χ0v) is 16.9. The Morgan fingerprint density at radius 1 is 1.04 bits per heavy atom. The molecule has 0 unspecified atom stereocenters. The summed E-state index contributed by atoms with van der Waals surface area (Å²) in [6.45, 7) is 0. The van der Waals surface area contributed by atoms with Crippen molar-refractivity contribution in [1.29, 1.82) is 0 Å². The van der Waals surface area contributed by atoms with Crippen LogP contribution in [0.4, 0.5) is 0 Å². The van der Waals surface area contributed by atoms with Gasteiger partial charge in [0.1, 0.15) is 16.0 Å². The number of rotatable bonds is 4. The highest BCUT2D eigenvalue weighted by molar-refractivity contribution is 9.11. The van der Waals surface area contributed by atoms with Gasteiger partial charge in [-0.15, -0.1) is 0 Å². The molecule has 0 saturated heterocycles. The van der Waals surface area contributed by atoms with Crippen LogP contribution in [0.3, 0.4) is 0 Å². The van der Waals surface area contributed by atoms with Crippen LogP contribution in [0.5, 0.6) is 23.0 Å². The minimum atomic E-state index is -0.211. The third kappa shape index (κ3) is 3.14. The number of halogens is 2. The van der Waals surface area contributed by atoms with Gasteiger partial charge in [-0.1, -0.05) is 0 Å². The van der Waals surface area contributed by atoms with Gasteiger partial charge < -0.3 is 18.9 Å². The fraction of sp³-hybridized carbons (Fsp3) is 0.167. The average Bonchev–Trinajstić information content (AvgIpc) is 2.92. The highest BCUT2D eigenvalue weighted by Crippen LogP contribution is 2.47. The van der Waals surface area contributed by atoms with Crippen LogP contribution >= 0.6 is 31.9 Å². The summed E-state index contributed by atoms with van der Waals surface area (Å²) in [5.41, 5.74) is 1.17. The second-order valence-electron chi connectivity index (χ2n) is 5.13. The Hall–Kier alpha value is -1.99. The number of methoxy groups -OCH3 is 3. The molecule has 1 aliphatic heterocycles.